The highest BCUT2D eigenvalue weighted by Crippen LogP contribution is 2.07. The topological polar surface area (TPSA) is 334 Å². The molecule has 0 fully saturated rings. The number of unbranched alkanes of at least 4 members (excludes halogenated alkanes) is 1. The number of nitrogens with one attached hydrogen (secondary N) is 7. The molecule has 0 radical (unpaired) electrons. The molecule has 0 aliphatic heterocycles. The van der Waals surface area contributed by atoms with Crippen LogP contribution in [0.2, 0.25) is 0 Å². The quantitative estimate of drug-likeness (QED) is 0.0305. The smallest absolute Gasteiger partial charge is 0.328 e. The number of rotatable bonds is 30. The highest BCUT2D eigenvalue weighted by atomic mass is 32.2. The molecule has 23 heteroatoms. The van der Waals surface area contributed by atoms with Crippen LogP contribution in [0, 0.1) is 0 Å². The SMILES string of the molecule is CSCC[C@H](NC(=O)CNC(=O)[C@H](CCCCN)NC(=O)[C@H](CCSC)NC(=O)CNC(=O)[C@@H](NC(=O)[C@@H](N)CCSC)[C@@H](C)O)C(=O)N[C@@H](CO)C(=O)O. The van der Waals surface area contributed by atoms with E-state index in [1.165, 1.54) is 42.2 Å². The van der Waals surface area contributed by atoms with Gasteiger partial charge in [0.25, 0.3) is 0 Å². The molecule has 0 aromatic carbocycles. The number of carboxylic acids is 1. The number of carbonyl (C=O) groups is 8. The molecule has 0 aliphatic carbocycles. The van der Waals surface area contributed by atoms with Gasteiger partial charge in [0, 0.05) is 0 Å². The number of hydrogen-bond acceptors (Lipinski definition) is 15. The molecular weight excluding hydrogens is 783 g/mol. The minimum absolute atomic E-state index is 0.125. The lowest BCUT2D eigenvalue weighted by Crippen LogP contribution is -2.58. The Bertz CT molecular complexity index is 1250. The van der Waals surface area contributed by atoms with Crippen LogP contribution in [0.15, 0.2) is 0 Å². The minimum Gasteiger partial charge on any atom is -0.480 e. The fraction of sp³-hybridized carbons (Fsp3) is 0.750. The molecule has 0 spiro atoms. The highest BCUT2D eigenvalue weighted by Gasteiger charge is 2.31. The average molecular weight is 842 g/mol. The molecule has 0 rings (SSSR count). The first-order valence-corrected chi connectivity index (χ1v) is 21.7. The third-order valence-electron chi connectivity index (χ3n) is 7.78. The van der Waals surface area contributed by atoms with Gasteiger partial charge in [-0.3, -0.25) is 33.6 Å². The number of thioether (sulfide) groups is 3. The zero-order valence-electron chi connectivity index (χ0n) is 31.7. The third kappa shape index (κ3) is 22.1. The van der Waals surface area contributed by atoms with Gasteiger partial charge in [-0.2, -0.15) is 35.3 Å². The summed E-state index contributed by atoms with van der Waals surface area (Å²) >= 11 is 4.26. The van der Waals surface area contributed by atoms with Gasteiger partial charge in [0.1, 0.15) is 30.2 Å². The maximum Gasteiger partial charge on any atom is 0.328 e. The standard InChI is InChI=1S/C32H59N9O11S3/c1-18(43)26(41-27(46)19(34)8-12-53-2)31(50)36-16-25(45)37-21(9-13-54-3)29(48)39-20(7-5-6-11-33)28(47)35-15-24(44)38-22(10-14-55-4)30(49)40-23(17-42)32(51)52/h18-23,26,42-43H,5-17,33-34H2,1-4H3,(H,35,47)(H,36,50)(H,37,45)(H,38,44)(H,39,48)(H,40,49)(H,41,46)(H,51,52)/t18-,19+,20+,21+,22+,23+,26+/m1/s1. The van der Waals surface area contributed by atoms with Gasteiger partial charge in [-0.05, 0) is 88.0 Å². The Hall–Kier alpha value is -3.35. The zero-order chi connectivity index (χ0) is 41.9. The van der Waals surface area contributed by atoms with Crippen LogP contribution in [0.1, 0.15) is 45.4 Å². The Morgan fingerprint density at radius 2 is 1.05 bits per heavy atom. The summed E-state index contributed by atoms with van der Waals surface area (Å²) in [4.78, 5) is 101. The zero-order valence-corrected chi connectivity index (χ0v) is 34.2. The summed E-state index contributed by atoms with van der Waals surface area (Å²) in [5.74, 6) is -5.34. The summed E-state index contributed by atoms with van der Waals surface area (Å²) in [5.41, 5.74) is 11.5. The van der Waals surface area contributed by atoms with Crippen molar-refractivity contribution in [1.29, 1.82) is 0 Å². The van der Waals surface area contributed by atoms with E-state index >= 15 is 0 Å². The van der Waals surface area contributed by atoms with Gasteiger partial charge in [0.15, 0.2) is 0 Å². The van der Waals surface area contributed by atoms with Gasteiger partial charge in [-0.25, -0.2) is 4.79 Å². The van der Waals surface area contributed by atoms with Gasteiger partial charge >= 0.3 is 5.97 Å². The van der Waals surface area contributed by atoms with Crippen LogP contribution in [-0.4, -0.2) is 167 Å². The van der Waals surface area contributed by atoms with Crippen LogP contribution < -0.4 is 48.7 Å². The minimum atomic E-state index is -1.58. The molecule has 0 bridgehead atoms. The molecule has 14 N–H and O–H groups in total. The van der Waals surface area contributed by atoms with Crippen molar-refractivity contribution in [2.45, 2.75) is 87.8 Å². The second-order valence-corrected chi connectivity index (χ2v) is 15.2. The first kappa shape index (κ1) is 51.6. The largest absolute Gasteiger partial charge is 0.480 e. The lowest BCUT2D eigenvalue weighted by atomic mass is 10.1. The number of aliphatic carboxylic acids is 1. The highest BCUT2D eigenvalue weighted by molar-refractivity contribution is 7.98. The summed E-state index contributed by atoms with van der Waals surface area (Å²) in [7, 11) is 0. The van der Waals surface area contributed by atoms with Gasteiger partial charge in [-0.15, -0.1) is 0 Å². The fourth-order valence-corrected chi connectivity index (χ4v) is 6.03. The van der Waals surface area contributed by atoms with Crippen molar-refractivity contribution < 1.29 is 53.7 Å². The molecule has 0 heterocycles. The number of carbonyl (C=O) groups excluding carboxylic acids is 7. The molecule has 55 heavy (non-hydrogen) atoms. The first-order chi connectivity index (χ1) is 26.1. The molecule has 20 nitrogen and oxygen atoms in total. The third-order valence-corrected chi connectivity index (χ3v) is 9.71. The summed E-state index contributed by atoms with van der Waals surface area (Å²) in [6, 6.07) is -7.36. The predicted octanol–water partition coefficient (Wildman–Crippen LogP) is -4.18. The molecule has 0 aromatic rings. The molecule has 316 valence electrons. The van der Waals surface area contributed by atoms with E-state index in [9.17, 15) is 48.6 Å². The van der Waals surface area contributed by atoms with Crippen LogP contribution in [0.25, 0.3) is 0 Å². The fourth-order valence-electron chi connectivity index (χ4n) is 4.60. The summed E-state index contributed by atoms with van der Waals surface area (Å²) < 4.78 is 0. The number of nitrogens with two attached hydrogens (primary N) is 2. The molecule has 0 unspecified atom stereocenters. The lowest BCUT2D eigenvalue weighted by Gasteiger charge is -2.24. The van der Waals surface area contributed by atoms with Crippen LogP contribution in [0.5, 0.6) is 0 Å². The maximum atomic E-state index is 13.4. The number of carboxylic acid groups (broad SMARTS) is 1. The molecule has 7 atom stereocenters. The normalized spacial score (nSPS) is 14.8. The van der Waals surface area contributed by atoms with Gasteiger partial charge < -0.3 is 64.0 Å². The van der Waals surface area contributed by atoms with E-state index in [-0.39, 0.29) is 19.3 Å². The monoisotopic (exact) mass is 841 g/mol. The number of hydrogen-bond donors (Lipinski definition) is 12. The van der Waals surface area contributed by atoms with Crippen LogP contribution in [-0.2, 0) is 38.4 Å². The van der Waals surface area contributed by atoms with E-state index in [0.29, 0.717) is 43.1 Å². The van der Waals surface area contributed by atoms with E-state index in [4.69, 9.17) is 16.6 Å². The van der Waals surface area contributed by atoms with Gasteiger partial charge in [0.2, 0.25) is 41.4 Å². The number of aliphatic hydroxyl groups is 2. The lowest BCUT2D eigenvalue weighted by molar-refractivity contribution is -0.143. The Labute approximate surface area is 334 Å². The average Bonchev–Trinajstić information content (AvgIpc) is 3.15. The van der Waals surface area contributed by atoms with E-state index < -0.39 is 109 Å². The Morgan fingerprint density at radius 1 is 0.600 bits per heavy atom. The Balaban J connectivity index is 5.61. The Morgan fingerprint density at radius 3 is 1.49 bits per heavy atom. The maximum absolute atomic E-state index is 13.4. The first-order valence-electron chi connectivity index (χ1n) is 17.6. The molecule has 0 saturated carbocycles. The molecule has 0 saturated heterocycles. The van der Waals surface area contributed by atoms with E-state index in [2.05, 4.69) is 37.2 Å². The van der Waals surface area contributed by atoms with E-state index in [1.54, 1.807) is 12.5 Å². The van der Waals surface area contributed by atoms with Crippen molar-refractivity contribution in [1.82, 2.24) is 37.2 Å². The molecule has 0 aromatic heterocycles. The van der Waals surface area contributed by atoms with Crippen LogP contribution in [0.4, 0.5) is 0 Å². The summed E-state index contributed by atoms with van der Waals surface area (Å²) in [6.07, 6.45) is 5.75. The number of aliphatic hydroxyl groups excluding tert-OH is 2. The van der Waals surface area contributed by atoms with Crippen LogP contribution in [0.3, 0.4) is 0 Å². The second kappa shape index (κ2) is 29.9. The van der Waals surface area contributed by atoms with Crippen LogP contribution >= 0.6 is 35.3 Å². The molecular formula is C32H59N9O11S3. The molecule has 7 amide bonds. The van der Waals surface area contributed by atoms with E-state index in [1.807, 2.05) is 6.26 Å². The van der Waals surface area contributed by atoms with Crippen molar-refractivity contribution in [3.63, 3.8) is 0 Å². The van der Waals surface area contributed by atoms with Crippen molar-refractivity contribution in [2.75, 3.05) is 62.3 Å². The van der Waals surface area contributed by atoms with Crippen molar-refractivity contribution in [3.05, 3.63) is 0 Å². The van der Waals surface area contributed by atoms with Crippen molar-refractivity contribution in [2.24, 2.45) is 11.5 Å². The summed E-state index contributed by atoms with van der Waals surface area (Å²) in [6.45, 7) is -0.477. The van der Waals surface area contributed by atoms with Gasteiger partial charge in [0.05, 0.1) is 31.8 Å². The number of amides is 7. The second-order valence-electron chi connectivity index (χ2n) is 12.3. The van der Waals surface area contributed by atoms with Crippen molar-refractivity contribution >= 4 is 82.6 Å². The van der Waals surface area contributed by atoms with E-state index in [0.717, 1.165) is 0 Å². The van der Waals surface area contributed by atoms with Crippen molar-refractivity contribution in [3.8, 4) is 0 Å². The van der Waals surface area contributed by atoms with Gasteiger partial charge in [-0.1, -0.05) is 0 Å². The predicted molar refractivity (Wildman–Crippen MR) is 212 cm³/mol. The Kier molecular flexibility index (Phi) is 28.1. The summed E-state index contributed by atoms with van der Waals surface area (Å²) in [5, 5.41) is 45.4. The molecule has 0 aliphatic rings.